The molecule has 2 aromatic carbocycles. The Morgan fingerprint density at radius 2 is 1.88 bits per heavy atom. The van der Waals surface area contributed by atoms with E-state index in [1.54, 1.807) is 84.1 Å². The molecule has 0 radical (unpaired) electrons. The fraction of sp³-hybridized carbons (Fsp3) is 0.370. The normalized spacial score (nSPS) is 23.5. The van der Waals surface area contributed by atoms with E-state index in [1.165, 1.54) is 13.1 Å². The molecule has 43 heavy (non-hydrogen) atoms. The first-order valence-corrected chi connectivity index (χ1v) is 15.9. The maximum atomic E-state index is 14.1. The van der Waals surface area contributed by atoms with Crippen LogP contribution >= 0.6 is 30.2 Å². The highest BCUT2D eigenvalue weighted by atomic mass is 127. The number of aromatic nitrogens is 2. The summed E-state index contributed by atoms with van der Waals surface area (Å²) in [4.78, 5) is 42.2. The summed E-state index contributed by atoms with van der Waals surface area (Å²) in [6.45, 7) is 2.30. The van der Waals surface area contributed by atoms with Crippen molar-refractivity contribution in [1.29, 1.82) is 0 Å². The molecule has 0 saturated carbocycles. The van der Waals surface area contributed by atoms with Crippen LogP contribution in [0.3, 0.4) is 0 Å². The van der Waals surface area contributed by atoms with Crippen molar-refractivity contribution in [1.82, 2.24) is 9.55 Å². The van der Waals surface area contributed by atoms with Crippen molar-refractivity contribution < 1.29 is 33.0 Å². The Balaban J connectivity index is 1.57. The van der Waals surface area contributed by atoms with E-state index in [4.69, 9.17) is 18.5 Å². The second kappa shape index (κ2) is 13.9. The molecular weight excluding hydrogens is 696 g/mol. The van der Waals surface area contributed by atoms with Gasteiger partial charge in [-0.1, -0.05) is 67.5 Å². The number of para-hydroxylation sites is 1. The number of halogens is 1. The molecular formula is C27H29IN5O9P. The van der Waals surface area contributed by atoms with Gasteiger partial charge in [-0.2, -0.15) is 0 Å². The number of benzene rings is 2. The van der Waals surface area contributed by atoms with E-state index in [9.17, 15) is 29.6 Å². The van der Waals surface area contributed by atoms with Gasteiger partial charge in [0.1, 0.15) is 18.6 Å². The van der Waals surface area contributed by atoms with E-state index in [0.29, 0.717) is 0 Å². The minimum atomic E-state index is -4.22. The van der Waals surface area contributed by atoms with E-state index in [0.717, 1.165) is 10.1 Å². The first-order valence-electron chi connectivity index (χ1n) is 13.1. The Kier molecular flexibility index (Phi) is 10.5. The Labute approximate surface area is 259 Å². The summed E-state index contributed by atoms with van der Waals surface area (Å²) in [5, 5.41) is 14.8. The van der Waals surface area contributed by atoms with Crippen molar-refractivity contribution in [2.75, 3.05) is 12.8 Å². The fourth-order valence-electron chi connectivity index (χ4n) is 4.45. The summed E-state index contributed by atoms with van der Waals surface area (Å²) in [6, 6.07) is 17.1. The van der Waals surface area contributed by atoms with Crippen LogP contribution in [-0.2, 0) is 30.0 Å². The molecule has 1 aromatic heterocycles. The number of carbonyl (C=O) groups is 1. The Morgan fingerprint density at radius 3 is 2.53 bits per heavy atom. The molecule has 6 atom stereocenters. The van der Waals surface area contributed by atoms with Crippen molar-refractivity contribution in [2.24, 2.45) is 17.0 Å². The average molecular weight is 725 g/mol. The molecule has 2 N–H and O–H groups in total. The third-order valence-corrected chi connectivity index (χ3v) is 9.50. The first-order chi connectivity index (χ1) is 20.5. The van der Waals surface area contributed by atoms with Crippen LogP contribution in [0.15, 0.2) is 81.6 Å². The van der Waals surface area contributed by atoms with Crippen LogP contribution < -0.4 is 15.8 Å². The molecule has 228 valence electrons. The molecule has 2 heterocycles. The molecule has 1 fully saturated rings. The fourth-order valence-corrected chi connectivity index (χ4v) is 6.76. The van der Waals surface area contributed by atoms with Gasteiger partial charge in [0.2, 0.25) is 0 Å². The quantitative estimate of drug-likeness (QED) is 0.0682. The van der Waals surface area contributed by atoms with Crippen LogP contribution in [-0.4, -0.2) is 45.2 Å². The zero-order chi connectivity index (χ0) is 31.2. The Hall–Kier alpha value is -3.46. The van der Waals surface area contributed by atoms with E-state index in [1.807, 2.05) is 6.07 Å². The summed E-state index contributed by atoms with van der Waals surface area (Å²) < 4.78 is 38.2. The summed E-state index contributed by atoms with van der Waals surface area (Å²) in [7, 11) is -4.22. The smallest absolute Gasteiger partial charge is 0.380 e. The number of aliphatic hydroxyl groups is 1. The summed E-state index contributed by atoms with van der Waals surface area (Å²) in [5.74, 6) is -2.26. The van der Waals surface area contributed by atoms with E-state index < -0.39 is 67.5 Å². The maximum Gasteiger partial charge on any atom is 0.380 e. The highest BCUT2D eigenvalue weighted by Crippen LogP contribution is 2.52. The number of nitrogens with one attached hydrogen (secondary N) is 1. The highest BCUT2D eigenvalue weighted by molar-refractivity contribution is 14.1. The minimum Gasteiger partial charge on any atom is -0.461 e. The molecule has 14 nitrogen and oxygen atoms in total. The van der Waals surface area contributed by atoms with Gasteiger partial charge < -0.3 is 19.1 Å². The average Bonchev–Trinajstić information content (AvgIpc) is 3.23. The lowest BCUT2D eigenvalue weighted by Crippen LogP contribution is -2.43. The predicted octanol–water partition coefficient (Wildman–Crippen LogP) is 4.34. The van der Waals surface area contributed by atoms with Crippen molar-refractivity contribution in [3.05, 3.63) is 107 Å². The van der Waals surface area contributed by atoms with Crippen molar-refractivity contribution in [2.45, 2.75) is 38.5 Å². The van der Waals surface area contributed by atoms with Gasteiger partial charge in [0.05, 0.1) is 28.4 Å². The van der Waals surface area contributed by atoms with Crippen LogP contribution in [0.5, 0.6) is 5.75 Å². The van der Waals surface area contributed by atoms with Crippen molar-refractivity contribution in [3.8, 4) is 5.75 Å². The molecule has 3 aromatic rings. The van der Waals surface area contributed by atoms with Crippen LogP contribution in [0, 0.1) is 15.4 Å². The van der Waals surface area contributed by atoms with E-state index in [-0.39, 0.29) is 15.9 Å². The number of aromatic amines is 1. The van der Waals surface area contributed by atoms with Gasteiger partial charge in [0.25, 0.3) is 5.56 Å². The summed E-state index contributed by atoms with van der Waals surface area (Å²) >= 11 is 1.73. The third-order valence-electron chi connectivity index (χ3n) is 6.73. The number of azide groups is 1. The summed E-state index contributed by atoms with van der Waals surface area (Å²) in [6.07, 6.45) is -1.91. The predicted molar refractivity (Wildman–Crippen MR) is 162 cm³/mol. The molecule has 0 amide bonds. The van der Waals surface area contributed by atoms with Gasteiger partial charge in [-0.25, -0.2) is 9.36 Å². The van der Waals surface area contributed by atoms with Gasteiger partial charge in [0.15, 0.2) is 5.72 Å². The lowest BCUT2D eigenvalue weighted by Gasteiger charge is -2.29. The molecule has 16 heteroatoms. The molecule has 1 aliphatic heterocycles. The number of nitrogens with zero attached hydrogens (tertiary/aromatic N) is 4. The van der Waals surface area contributed by atoms with Gasteiger partial charge in [-0.3, -0.25) is 23.7 Å². The van der Waals surface area contributed by atoms with Gasteiger partial charge in [-0.05, 0) is 45.8 Å². The largest absolute Gasteiger partial charge is 0.461 e. The molecule has 0 bridgehead atoms. The minimum absolute atomic E-state index is 0.0110. The standard InChI is InChI=1S/C27H29IN5O9P/c1-17(25(36)39-14-19-9-5-3-6-10-19)15-43(38,42-20-11-7-4-8-12-20)40-16-27(31-32-29)22(34)18(2)24(41-27)33-13-21(28)23(35)30-26(33)37/h3-13,17-18,22,24,34H,14-16H2,1-2H3,(H,30,35,37)/t17-,18+,22+,24-,27-,43?/m1/s1. The molecule has 4 rings (SSSR count). The lowest BCUT2D eigenvalue weighted by atomic mass is 9.98. The number of carbonyl (C=O) groups excluding carboxylic acids is 1. The summed E-state index contributed by atoms with van der Waals surface area (Å²) in [5.41, 5.74) is 6.56. The Bertz CT molecular complexity index is 1650. The van der Waals surface area contributed by atoms with Crippen LogP contribution in [0.4, 0.5) is 0 Å². The Morgan fingerprint density at radius 1 is 1.23 bits per heavy atom. The van der Waals surface area contributed by atoms with Gasteiger partial charge >= 0.3 is 19.3 Å². The third kappa shape index (κ3) is 7.74. The topological polar surface area (TPSA) is 195 Å². The number of H-pyrrole nitrogens is 1. The van der Waals surface area contributed by atoms with Crippen molar-refractivity contribution in [3.63, 3.8) is 0 Å². The van der Waals surface area contributed by atoms with Crippen LogP contribution in [0.2, 0.25) is 0 Å². The number of esters is 1. The van der Waals surface area contributed by atoms with Gasteiger partial charge in [0, 0.05) is 17.0 Å². The maximum absolute atomic E-state index is 14.1. The zero-order valence-corrected chi connectivity index (χ0v) is 26.2. The SMILES string of the molecule is C[C@@H]1[C@H](n2cc(I)c(=O)[nH]c2=O)O[C@@](COP(=O)(C[C@@H](C)C(=O)OCc2ccccc2)Oc2ccccc2)(N=[N+]=[N-])[C@H]1O. The molecule has 0 aliphatic carbocycles. The van der Waals surface area contributed by atoms with Crippen LogP contribution in [0.1, 0.15) is 25.6 Å². The number of hydrogen-bond donors (Lipinski definition) is 2. The first kappa shape index (κ1) is 32.5. The number of aliphatic hydroxyl groups excluding tert-OH is 1. The lowest BCUT2D eigenvalue weighted by molar-refractivity contribution is -0.148. The number of hydrogen-bond acceptors (Lipinski definition) is 10. The second-order valence-electron chi connectivity index (χ2n) is 9.96. The van der Waals surface area contributed by atoms with Crippen LogP contribution in [0.25, 0.3) is 10.4 Å². The molecule has 1 aliphatic rings. The van der Waals surface area contributed by atoms with E-state index in [2.05, 4.69) is 15.0 Å². The van der Waals surface area contributed by atoms with E-state index >= 15 is 0 Å². The van der Waals surface area contributed by atoms with Gasteiger partial charge in [-0.15, -0.1) is 0 Å². The van der Waals surface area contributed by atoms with Crippen molar-refractivity contribution >= 4 is 36.2 Å². The number of ether oxygens (including phenoxy) is 2. The number of rotatable bonds is 12. The second-order valence-corrected chi connectivity index (χ2v) is 13.1. The molecule has 1 saturated heterocycles. The monoisotopic (exact) mass is 725 g/mol. The zero-order valence-electron chi connectivity index (χ0n) is 23.1. The molecule has 1 unspecified atom stereocenters. The molecule has 0 spiro atoms. The highest BCUT2D eigenvalue weighted by Gasteiger charge is 2.55.